The number of nitrogens with zero attached hydrogens (tertiary/aromatic N) is 1. The Kier molecular flexibility index (Phi) is 8.73. The Labute approximate surface area is 93.8 Å². The Bertz CT molecular complexity index is 130. The lowest BCUT2D eigenvalue weighted by Crippen LogP contribution is -2.38. The van der Waals surface area contributed by atoms with Crippen LogP contribution >= 0.6 is 11.8 Å². The van der Waals surface area contributed by atoms with Gasteiger partial charge in [-0.05, 0) is 39.2 Å². The molecule has 0 heterocycles. The van der Waals surface area contributed by atoms with Crippen molar-refractivity contribution in [1.29, 1.82) is 0 Å². The second kappa shape index (κ2) is 8.57. The summed E-state index contributed by atoms with van der Waals surface area (Å²) in [4.78, 5) is 2.50. The Morgan fingerprint density at radius 2 is 2.07 bits per heavy atom. The molecule has 0 aromatic carbocycles. The van der Waals surface area contributed by atoms with E-state index in [1.165, 1.54) is 18.7 Å². The van der Waals surface area contributed by atoms with Crippen LogP contribution in [0.5, 0.6) is 0 Å². The maximum Gasteiger partial charge on any atom is 0.0180 e. The summed E-state index contributed by atoms with van der Waals surface area (Å²) in [5, 5.41) is 3.23. The molecular weight excluding hydrogens is 192 g/mol. The molecule has 0 spiro atoms. The van der Waals surface area contributed by atoms with Crippen molar-refractivity contribution in [3.05, 3.63) is 0 Å². The largest absolute Gasteiger partial charge is 0.319 e. The second-order valence-corrected chi connectivity index (χ2v) is 5.03. The molecule has 0 aromatic heterocycles. The predicted molar refractivity (Wildman–Crippen MR) is 68.2 cm³/mol. The van der Waals surface area contributed by atoms with Gasteiger partial charge >= 0.3 is 0 Å². The van der Waals surface area contributed by atoms with Crippen LogP contribution < -0.4 is 5.32 Å². The molecule has 0 amide bonds. The molecule has 0 saturated heterocycles. The van der Waals surface area contributed by atoms with E-state index < -0.39 is 0 Å². The highest BCUT2D eigenvalue weighted by molar-refractivity contribution is 7.98. The summed E-state index contributed by atoms with van der Waals surface area (Å²) in [5.74, 6) is 1.99. The molecule has 3 heteroatoms. The summed E-state index contributed by atoms with van der Waals surface area (Å²) in [6, 6.07) is 0.740. The molecule has 86 valence electrons. The van der Waals surface area contributed by atoms with Gasteiger partial charge in [-0.15, -0.1) is 0 Å². The molecule has 0 aliphatic heterocycles. The van der Waals surface area contributed by atoms with Gasteiger partial charge in [0.15, 0.2) is 0 Å². The zero-order valence-electron chi connectivity index (χ0n) is 10.3. The summed E-state index contributed by atoms with van der Waals surface area (Å²) in [6.07, 6.45) is 3.44. The van der Waals surface area contributed by atoms with Crippen LogP contribution in [-0.2, 0) is 0 Å². The quantitative estimate of drug-likeness (QED) is 0.670. The van der Waals surface area contributed by atoms with Gasteiger partial charge in [0.2, 0.25) is 0 Å². The monoisotopic (exact) mass is 218 g/mol. The average Bonchev–Trinajstić information content (AvgIpc) is 2.14. The minimum Gasteiger partial charge on any atom is -0.319 e. The van der Waals surface area contributed by atoms with Crippen molar-refractivity contribution < 1.29 is 0 Å². The van der Waals surface area contributed by atoms with Crippen LogP contribution in [0.3, 0.4) is 0 Å². The standard InChI is InChI=1S/C11H26N2S/c1-6-11(9-14-5)13(4)8-10(2)7-12-3/h10-12H,6-9H2,1-5H3. The van der Waals surface area contributed by atoms with Crippen LogP contribution in [0.2, 0.25) is 0 Å². The first kappa shape index (κ1) is 14.3. The van der Waals surface area contributed by atoms with E-state index in [2.05, 4.69) is 37.4 Å². The first-order chi connectivity index (χ1) is 6.65. The van der Waals surface area contributed by atoms with E-state index in [-0.39, 0.29) is 0 Å². The third kappa shape index (κ3) is 5.89. The highest BCUT2D eigenvalue weighted by Crippen LogP contribution is 2.10. The van der Waals surface area contributed by atoms with Crippen molar-refractivity contribution in [2.45, 2.75) is 26.3 Å². The van der Waals surface area contributed by atoms with Gasteiger partial charge in [0.1, 0.15) is 0 Å². The Morgan fingerprint density at radius 3 is 2.50 bits per heavy atom. The molecule has 0 fully saturated rings. The van der Waals surface area contributed by atoms with Crippen LogP contribution in [0.15, 0.2) is 0 Å². The molecule has 2 nitrogen and oxygen atoms in total. The molecule has 14 heavy (non-hydrogen) atoms. The van der Waals surface area contributed by atoms with Gasteiger partial charge in [0.05, 0.1) is 0 Å². The first-order valence-electron chi connectivity index (χ1n) is 5.49. The summed E-state index contributed by atoms with van der Waals surface area (Å²) in [6.45, 7) is 6.89. The maximum atomic E-state index is 3.23. The van der Waals surface area contributed by atoms with Crippen LogP contribution in [0, 0.1) is 5.92 Å². The van der Waals surface area contributed by atoms with Gasteiger partial charge in [0, 0.05) is 18.3 Å². The van der Waals surface area contributed by atoms with Gasteiger partial charge < -0.3 is 10.2 Å². The molecular formula is C11H26N2S. The van der Waals surface area contributed by atoms with Crippen LogP contribution in [0.4, 0.5) is 0 Å². The summed E-state index contributed by atoms with van der Waals surface area (Å²) in [5.41, 5.74) is 0. The van der Waals surface area contributed by atoms with Gasteiger partial charge in [-0.25, -0.2) is 0 Å². The molecule has 0 rings (SSSR count). The lowest BCUT2D eigenvalue weighted by Gasteiger charge is -2.29. The van der Waals surface area contributed by atoms with Crippen molar-refractivity contribution in [1.82, 2.24) is 10.2 Å². The fourth-order valence-electron chi connectivity index (χ4n) is 1.80. The van der Waals surface area contributed by atoms with Crippen LogP contribution in [-0.4, -0.2) is 50.1 Å². The zero-order chi connectivity index (χ0) is 11.0. The Morgan fingerprint density at radius 1 is 1.43 bits per heavy atom. The molecule has 0 aliphatic rings. The lowest BCUT2D eigenvalue weighted by molar-refractivity contribution is 0.222. The Hall–Kier alpha value is 0.270. The van der Waals surface area contributed by atoms with Crippen molar-refractivity contribution in [3.8, 4) is 0 Å². The summed E-state index contributed by atoms with van der Waals surface area (Å²) >= 11 is 1.95. The van der Waals surface area contributed by atoms with E-state index in [0.29, 0.717) is 0 Å². The summed E-state index contributed by atoms with van der Waals surface area (Å²) in [7, 11) is 4.27. The number of thioether (sulfide) groups is 1. The topological polar surface area (TPSA) is 15.3 Å². The molecule has 1 N–H and O–H groups in total. The van der Waals surface area contributed by atoms with Crippen molar-refractivity contribution in [2.24, 2.45) is 5.92 Å². The highest BCUT2D eigenvalue weighted by Gasteiger charge is 2.14. The third-order valence-electron chi connectivity index (χ3n) is 2.61. The number of nitrogens with one attached hydrogen (secondary N) is 1. The molecule has 0 radical (unpaired) electrons. The number of rotatable bonds is 8. The smallest absolute Gasteiger partial charge is 0.0180 e. The molecule has 0 bridgehead atoms. The maximum absolute atomic E-state index is 3.23. The van der Waals surface area contributed by atoms with Gasteiger partial charge in [-0.1, -0.05) is 13.8 Å². The minimum atomic E-state index is 0.737. The average molecular weight is 218 g/mol. The van der Waals surface area contributed by atoms with Crippen molar-refractivity contribution >= 4 is 11.8 Å². The van der Waals surface area contributed by atoms with Crippen LogP contribution in [0.25, 0.3) is 0 Å². The van der Waals surface area contributed by atoms with Gasteiger partial charge in [0.25, 0.3) is 0 Å². The van der Waals surface area contributed by atoms with E-state index >= 15 is 0 Å². The van der Waals surface area contributed by atoms with E-state index in [1.807, 2.05) is 18.8 Å². The van der Waals surface area contributed by atoms with Gasteiger partial charge in [-0.3, -0.25) is 0 Å². The Balaban J connectivity index is 3.83. The molecule has 0 saturated carbocycles. The predicted octanol–water partition coefficient (Wildman–Crippen LogP) is 1.92. The van der Waals surface area contributed by atoms with E-state index in [1.54, 1.807) is 0 Å². The fraction of sp³-hybridized carbons (Fsp3) is 1.00. The van der Waals surface area contributed by atoms with E-state index in [9.17, 15) is 0 Å². The van der Waals surface area contributed by atoms with E-state index in [0.717, 1.165) is 18.5 Å². The minimum absolute atomic E-state index is 0.737. The fourth-order valence-corrected chi connectivity index (χ4v) is 2.68. The SMILES string of the molecule is CCC(CSC)N(C)CC(C)CNC. The molecule has 0 aromatic rings. The van der Waals surface area contributed by atoms with Crippen molar-refractivity contribution in [3.63, 3.8) is 0 Å². The van der Waals surface area contributed by atoms with E-state index in [4.69, 9.17) is 0 Å². The van der Waals surface area contributed by atoms with Gasteiger partial charge in [-0.2, -0.15) is 11.8 Å². The van der Waals surface area contributed by atoms with Crippen molar-refractivity contribution in [2.75, 3.05) is 39.2 Å². The molecule has 2 unspecified atom stereocenters. The highest BCUT2D eigenvalue weighted by atomic mass is 32.2. The summed E-state index contributed by atoms with van der Waals surface area (Å²) < 4.78 is 0. The molecule has 0 aliphatic carbocycles. The van der Waals surface area contributed by atoms with Crippen LogP contribution in [0.1, 0.15) is 20.3 Å². The lowest BCUT2D eigenvalue weighted by atomic mass is 10.1. The second-order valence-electron chi connectivity index (χ2n) is 4.12. The first-order valence-corrected chi connectivity index (χ1v) is 6.88. The third-order valence-corrected chi connectivity index (χ3v) is 3.32. The molecule has 2 atom stereocenters. The normalized spacial score (nSPS) is 15.9. The number of hydrogen-bond donors (Lipinski definition) is 1. The number of hydrogen-bond acceptors (Lipinski definition) is 3. The zero-order valence-corrected chi connectivity index (χ0v) is 11.2.